The number of benzene rings is 1. The predicted molar refractivity (Wildman–Crippen MR) is 72.8 cm³/mol. The van der Waals surface area contributed by atoms with Crippen LogP contribution in [0.5, 0.6) is 0 Å². The van der Waals surface area contributed by atoms with E-state index in [2.05, 4.69) is 10.5 Å². The Morgan fingerprint density at radius 3 is 2.47 bits per heavy atom. The van der Waals surface area contributed by atoms with Gasteiger partial charge in [-0.15, -0.1) is 0 Å². The second-order valence-electron chi connectivity index (χ2n) is 5.04. The molecule has 0 unspecified atom stereocenters. The average Bonchev–Trinajstić information content (AvgIpc) is 3.18. The summed E-state index contributed by atoms with van der Waals surface area (Å²) in [5, 5.41) is 6.88. The van der Waals surface area contributed by atoms with E-state index in [1.165, 1.54) is 0 Å². The monoisotopic (exact) mass is 256 g/mol. The molecule has 1 heterocycles. The molecule has 0 radical (unpaired) electrons. The summed E-state index contributed by atoms with van der Waals surface area (Å²) < 4.78 is 5.16. The van der Waals surface area contributed by atoms with E-state index in [9.17, 15) is 4.79 Å². The molecule has 1 saturated carbocycles. The normalized spacial score (nSPS) is 14.4. The molecule has 0 atom stereocenters. The first-order valence-electron chi connectivity index (χ1n) is 6.49. The lowest BCUT2D eigenvalue weighted by molar-refractivity contribution is -0.117. The number of hydrogen-bond acceptors (Lipinski definition) is 3. The minimum Gasteiger partial charge on any atom is -0.361 e. The molecule has 1 fully saturated rings. The van der Waals surface area contributed by atoms with E-state index in [4.69, 9.17) is 4.52 Å². The van der Waals surface area contributed by atoms with Crippen LogP contribution in [0.15, 0.2) is 28.8 Å². The summed E-state index contributed by atoms with van der Waals surface area (Å²) in [6.07, 6.45) is 2.03. The lowest BCUT2D eigenvalue weighted by atomic mass is 10.0. The fourth-order valence-corrected chi connectivity index (χ4v) is 2.21. The van der Waals surface area contributed by atoms with E-state index < -0.39 is 0 Å². The molecule has 0 saturated heterocycles. The molecule has 4 nitrogen and oxygen atoms in total. The molecule has 1 N–H and O–H groups in total. The van der Waals surface area contributed by atoms with Gasteiger partial charge in [0.2, 0.25) is 5.91 Å². The standard InChI is InChI=1S/C15H16N2O2/c1-9-14(10(2)19-17-9)11-5-7-13(8-6-11)16-15(18)12-3-4-12/h5-8,12H,3-4H2,1-2H3,(H,16,18). The maximum Gasteiger partial charge on any atom is 0.227 e. The minimum atomic E-state index is 0.130. The summed E-state index contributed by atoms with van der Waals surface area (Å²) in [5.74, 6) is 1.17. The molecule has 3 rings (SSSR count). The van der Waals surface area contributed by atoms with Crippen LogP contribution in [0.4, 0.5) is 5.69 Å². The first kappa shape index (κ1) is 12.0. The molecule has 1 amide bonds. The topological polar surface area (TPSA) is 55.1 Å². The number of carbonyl (C=O) groups excluding carboxylic acids is 1. The number of aromatic nitrogens is 1. The molecule has 19 heavy (non-hydrogen) atoms. The van der Waals surface area contributed by atoms with Crippen LogP contribution in [-0.2, 0) is 4.79 Å². The van der Waals surface area contributed by atoms with Crippen molar-refractivity contribution in [1.82, 2.24) is 5.16 Å². The van der Waals surface area contributed by atoms with E-state index in [0.29, 0.717) is 0 Å². The van der Waals surface area contributed by atoms with Gasteiger partial charge in [-0.25, -0.2) is 0 Å². The van der Waals surface area contributed by atoms with E-state index >= 15 is 0 Å². The lowest BCUT2D eigenvalue weighted by Crippen LogP contribution is -2.12. The average molecular weight is 256 g/mol. The Kier molecular flexibility index (Phi) is 2.85. The van der Waals surface area contributed by atoms with Crippen molar-refractivity contribution >= 4 is 11.6 Å². The zero-order chi connectivity index (χ0) is 13.4. The van der Waals surface area contributed by atoms with E-state index in [-0.39, 0.29) is 11.8 Å². The highest BCUT2D eigenvalue weighted by atomic mass is 16.5. The van der Waals surface area contributed by atoms with E-state index in [1.807, 2.05) is 38.1 Å². The fraction of sp³-hybridized carbons (Fsp3) is 0.333. The van der Waals surface area contributed by atoms with Crippen molar-refractivity contribution in [3.8, 4) is 11.1 Å². The summed E-state index contributed by atoms with van der Waals surface area (Å²) in [7, 11) is 0. The van der Waals surface area contributed by atoms with Crippen molar-refractivity contribution in [2.75, 3.05) is 5.32 Å². The zero-order valence-corrected chi connectivity index (χ0v) is 11.1. The van der Waals surface area contributed by atoms with Crippen LogP contribution in [0.2, 0.25) is 0 Å². The van der Waals surface area contributed by atoms with E-state index in [0.717, 1.165) is 41.1 Å². The maximum absolute atomic E-state index is 11.7. The van der Waals surface area contributed by atoms with Gasteiger partial charge in [0, 0.05) is 17.2 Å². The molecule has 1 aromatic heterocycles. The maximum atomic E-state index is 11.7. The van der Waals surface area contributed by atoms with Crippen LogP contribution >= 0.6 is 0 Å². The number of aryl methyl sites for hydroxylation is 2. The fourth-order valence-electron chi connectivity index (χ4n) is 2.21. The van der Waals surface area contributed by atoms with Gasteiger partial charge in [-0.1, -0.05) is 17.3 Å². The molecule has 1 aromatic carbocycles. The highest BCUT2D eigenvalue weighted by Gasteiger charge is 2.29. The first-order chi connectivity index (χ1) is 9.15. The van der Waals surface area contributed by atoms with Crippen molar-refractivity contribution in [1.29, 1.82) is 0 Å². The van der Waals surface area contributed by atoms with Gasteiger partial charge in [0.25, 0.3) is 0 Å². The number of anilines is 1. The summed E-state index contributed by atoms with van der Waals surface area (Å²) in [4.78, 5) is 11.7. The zero-order valence-electron chi connectivity index (χ0n) is 11.1. The number of amides is 1. The number of hydrogen-bond donors (Lipinski definition) is 1. The second kappa shape index (κ2) is 4.53. The molecule has 2 aromatic rings. The smallest absolute Gasteiger partial charge is 0.227 e. The Hall–Kier alpha value is -2.10. The lowest BCUT2D eigenvalue weighted by Gasteiger charge is -2.05. The number of nitrogens with zero attached hydrogens (tertiary/aromatic N) is 1. The second-order valence-corrected chi connectivity index (χ2v) is 5.04. The van der Waals surface area contributed by atoms with Crippen LogP contribution in [-0.4, -0.2) is 11.1 Å². The van der Waals surface area contributed by atoms with Crippen LogP contribution in [0.25, 0.3) is 11.1 Å². The van der Waals surface area contributed by atoms with Crippen LogP contribution < -0.4 is 5.32 Å². The van der Waals surface area contributed by atoms with E-state index in [1.54, 1.807) is 0 Å². The summed E-state index contributed by atoms with van der Waals surface area (Å²) in [5.41, 5.74) is 3.81. The van der Waals surface area contributed by atoms with Gasteiger partial charge < -0.3 is 9.84 Å². The number of nitrogens with one attached hydrogen (secondary N) is 1. The van der Waals surface area contributed by atoms with Gasteiger partial charge in [0.1, 0.15) is 5.76 Å². The van der Waals surface area contributed by atoms with Gasteiger partial charge in [-0.2, -0.15) is 0 Å². The molecule has 0 aliphatic heterocycles. The number of carbonyl (C=O) groups is 1. The van der Waals surface area contributed by atoms with Gasteiger partial charge >= 0.3 is 0 Å². The van der Waals surface area contributed by atoms with Crippen molar-refractivity contribution in [3.05, 3.63) is 35.7 Å². The van der Waals surface area contributed by atoms with Crippen molar-refractivity contribution in [2.24, 2.45) is 5.92 Å². The quantitative estimate of drug-likeness (QED) is 0.916. The third-order valence-corrected chi connectivity index (χ3v) is 3.42. The van der Waals surface area contributed by atoms with Crippen LogP contribution in [0.3, 0.4) is 0 Å². The third kappa shape index (κ3) is 2.38. The van der Waals surface area contributed by atoms with Gasteiger partial charge in [0.05, 0.1) is 5.69 Å². The highest BCUT2D eigenvalue weighted by molar-refractivity contribution is 5.94. The van der Waals surface area contributed by atoms with Gasteiger partial charge in [-0.05, 0) is 44.4 Å². The highest BCUT2D eigenvalue weighted by Crippen LogP contribution is 2.31. The SMILES string of the molecule is Cc1noc(C)c1-c1ccc(NC(=O)C2CC2)cc1. The molecule has 4 heteroatoms. The summed E-state index contributed by atoms with van der Waals surface area (Å²) >= 11 is 0. The molecular weight excluding hydrogens is 240 g/mol. The van der Waals surface area contributed by atoms with Gasteiger partial charge in [-0.3, -0.25) is 4.79 Å². The number of rotatable bonds is 3. The Morgan fingerprint density at radius 1 is 1.26 bits per heavy atom. The summed E-state index contributed by atoms with van der Waals surface area (Å²) in [6.45, 7) is 3.83. The van der Waals surface area contributed by atoms with Crippen molar-refractivity contribution in [2.45, 2.75) is 26.7 Å². The first-order valence-corrected chi connectivity index (χ1v) is 6.49. The Labute approximate surface area is 111 Å². The van der Waals surface area contributed by atoms with Crippen molar-refractivity contribution in [3.63, 3.8) is 0 Å². The summed E-state index contributed by atoms with van der Waals surface area (Å²) in [6, 6.07) is 7.80. The Morgan fingerprint density at radius 2 is 1.95 bits per heavy atom. The molecule has 1 aliphatic rings. The third-order valence-electron chi connectivity index (χ3n) is 3.42. The molecular formula is C15H16N2O2. The molecule has 0 spiro atoms. The molecule has 1 aliphatic carbocycles. The largest absolute Gasteiger partial charge is 0.361 e. The van der Waals surface area contributed by atoms with Crippen LogP contribution in [0, 0.1) is 19.8 Å². The predicted octanol–water partition coefficient (Wildman–Crippen LogP) is 3.31. The Balaban J connectivity index is 1.80. The molecule has 98 valence electrons. The minimum absolute atomic E-state index is 0.130. The van der Waals surface area contributed by atoms with Crippen molar-refractivity contribution < 1.29 is 9.32 Å². The van der Waals surface area contributed by atoms with Crippen LogP contribution in [0.1, 0.15) is 24.3 Å². The van der Waals surface area contributed by atoms with Gasteiger partial charge in [0.15, 0.2) is 0 Å². The molecule has 0 bridgehead atoms. The Bertz CT molecular complexity index is 590.